The first-order valence-electron chi connectivity index (χ1n) is 12.6. The van der Waals surface area contributed by atoms with Gasteiger partial charge in [-0.25, -0.2) is 10.2 Å². The van der Waals surface area contributed by atoms with Crippen LogP contribution in [0.15, 0.2) is 92.9 Å². The third kappa shape index (κ3) is 6.67. The predicted molar refractivity (Wildman–Crippen MR) is 169 cm³/mol. The molecule has 0 radical (unpaired) electrons. The summed E-state index contributed by atoms with van der Waals surface area (Å²) in [4.78, 5) is 29.4. The van der Waals surface area contributed by atoms with Gasteiger partial charge in [0.1, 0.15) is 11.4 Å². The number of halogens is 6. The Morgan fingerprint density at radius 2 is 1.77 bits per heavy atom. The number of methoxy groups -OCH3 is 1. The van der Waals surface area contributed by atoms with Crippen molar-refractivity contribution in [1.82, 2.24) is 10.4 Å². The van der Waals surface area contributed by atoms with Gasteiger partial charge in [-0.1, -0.05) is 51.8 Å². The number of ether oxygens (including phenoxy) is 2. The Kier molecular flexibility index (Phi) is 9.14. The molecule has 0 unspecified atom stereocenters. The fraction of sp³-hybridized carbons (Fsp3) is 0.0645. The molecule has 0 aliphatic carbocycles. The number of nitrogens with zero attached hydrogens (tertiary/aromatic N) is 1. The minimum atomic E-state index is -4.63. The maximum atomic E-state index is 13.4. The van der Waals surface area contributed by atoms with E-state index < -0.39 is 23.6 Å². The maximum Gasteiger partial charge on any atom is 0.416 e. The highest BCUT2D eigenvalue weighted by atomic mass is 79.9. The lowest BCUT2D eigenvalue weighted by molar-refractivity contribution is -0.137. The van der Waals surface area contributed by atoms with Crippen molar-refractivity contribution in [1.29, 1.82) is 0 Å². The van der Waals surface area contributed by atoms with Crippen LogP contribution >= 0.6 is 43.5 Å². The molecule has 0 saturated carbocycles. The number of rotatable bonds is 7. The van der Waals surface area contributed by atoms with Gasteiger partial charge in [0.2, 0.25) is 0 Å². The van der Waals surface area contributed by atoms with Crippen molar-refractivity contribution in [3.05, 3.63) is 115 Å². The molecule has 1 heterocycles. The number of fused-ring (bicyclic) bond motifs is 1. The highest BCUT2D eigenvalue weighted by Gasteiger charge is 2.31. The first kappa shape index (κ1) is 31.3. The van der Waals surface area contributed by atoms with Crippen LogP contribution < -0.4 is 14.9 Å². The molecule has 44 heavy (non-hydrogen) atoms. The smallest absolute Gasteiger partial charge is 0.416 e. The number of hydrogen-bond acceptors (Lipinski definition) is 5. The number of H-pyrrole nitrogens is 1. The molecule has 0 aliphatic rings. The molecule has 224 valence electrons. The lowest BCUT2D eigenvalue weighted by Gasteiger charge is -2.12. The van der Waals surface area contributed by atoms with Gasteiger partial charge in [0, 0.05) is 37.1 Å². The number of hydrogen-bond donors (Lipinski definition) is 2. The summed E-state index contributed by atoms with van der Waals surface area (Å²) >= 11 is 13.2. The molecular weight excluding hydrogens is 731 g/mol. The van der Waals surface area contributed by atoms with E-state index in [4.69, 9.17) is 21.1 Å². The number of amides is 1. The highest BCUT2D eigenvalue weighted by Crippen LogP contribution is 2.38. The van der Waals surface area contributed by atoms with Gasteiger partial charge in [-0.2, -0.15) is 18.3 Å². The topological polar surface area (TPSA) is 92.8 Å². The summed E-state index contributed by atoms with van der Waals surface area (Å²) in [6, 6.07) is 19.4. The second-order valence-electron chi connectivity index (χ2n) is 9.24. The van der Waals surface area contributed by atoms with Crippen LogP contribution in [0.1, 0.15) is 32.0 Å². The zero-order valence-corrected chi connectivity index (χ0v) is 26.4. The highest BCUT2D eigenvalue weighted by molar-refractivity contribution is 9.11. The van der Waals surface area contributed by atoms with Crippen LogP contribution in [-0.2, 0) is 6.18 Å². The molecule has 7 nitrogen and oxygen atoms in total. The number of carbonyl (C=O) groups is 2. The molecule has 13 heteroatoms. The van der Waals surface area contributed by atoms with E-state index in [1.807, 2.05) is 0 Å². The Labute approximate surface area is 270 Å². The molecule has 0 fully saturated rings. The van der Waals surface area contributed by atoms with Crippen molar-refractivity contribution in [3.8, 4) is 22.6 Å². The SMILES string of the molecule is COc1ccc2[nH]c(C(=O)NN=Cc3cc(Br)cc(Br)c3OC(=O)c3cccc(C(F)(F)F)c3)c(-c3ccccc3Cl)c2c1. The second-order valence-corrected chi connectivity index (χ2v) is 11.4. The van der Waals surface area contributed by atoms with E-state index in [0.717, 1.165) is 12.1 Å². The number of hydrazone groups is 1. The number of nitrogens with one attached hydrogen (secondary N) is 2. The molecule has 2 N–H and O–H groups in total. The molecule has 1 aromatic heterocycles. The summed E-state index contributed by atoms with van der Waals surface area (Å²) in [6.45, 7) is 0. The van der Waals surface area contributed by atoms with Crippen LogP contribution in [0.3, 0.4) is 0 Å². The van der Waals surface area contributed by atoms with Gasteiger partial charge < -0.3 is 14.5 Å². The molecule has 0 saturated heterocycles. The molecule has 1 amide bonds. The van der Waals surface area contributed by atoms with Gasteiger partial charge in [-0.15, -0.1) is 0 Å². The largest absolute Gasteiger partial charge is 0.497 e. The number of aromatic nitrogens is 1. The molecule has 0 atom stereocenters. The van der Waals surface area contributed by atoms with E-state index in [1.54, 1.807) is 54.6 Å². The number of esters is 1. The Morgan fingerprint density at radius 3 is 2.50 bits per heavy atom. The van der Waals surface area contributed by atoms with E-state index >= 15 is 0 Å². The first-order valence-corrected chi connectivity index (χ1v) is 14.6. The number of carbonyl (C=O) groups excluding carboxylic acids is 2. The Balaban J connectivity index is 1.45. The lowest BCUT2D eigenvalue weighted by atomic mass is 10.0. The molecule has 0 bridgehead atoms. The van der Waals surface area contributed by atoms with Crippen LogP contribution in [0.2, 0.25) is 5.02 Å². The van der Waals surface area contributed by atoms with Crippen LogP contribution in [-0.4, -0.2) is 30.2 Å². The summed E-state index contributed by atoms with van der Waals surface area (Å²) in [5.41, 5.74) is 3.42. The van der Waals surface area contributed by atoms with E-state index in [2.05, 4.69) is 47.4 Å². The zero-order chi connectivity index (χ0) is 31.6. The van der Waals surface area contributed by atoms with E-state index in [-0.39, 0.29) is 22.6 Å². The van der Waals surface area contributed by atoms with Crippen molar-refractivity contribution in [3.63, 3.8) is 0 Å². The van der Waals surface area contributed by atoms with Crippen LogP contribution in [0.4, 0.5) is 13.2 Å². The zero-order valence-electron chi connectivity index (χ0n) is 22.4. The number of aromatic amines is 1. The van der Waals surface area contributed by atoms with E-state index in [0.29, 0.717) is 47.8 Å². The van der Waals surface area contributed by atoms with Crippen molar-refractivity contribution in [2.45, 2.75) is 6.18 Å². The van der Waals surface area contributed by atoms with Gasteiger partial charge >= 0.3 is 12.1 Å². The van der Waals surface area contributed by atoms with Crippen molar-refractivity contribution in [2.75, 3.05) is 7.11 Å². The van der Waals surface area contributed by atoms with E-state index in [1.165, 1.54) is 19.4 Å². The average Bonchev–Trinajstić information content (AvgIpc) is 3.37. The van der Waals surface area contributed by atoms with Gasteiger partial charge in [-0.3, -0.25) is 4.79 Å². The standard InChI is InChI=1S/C31H19Br2ClF3N3O4/c1-43-20-9-10-25-22(14-20)26(21-7-2-3-8-24(21)34)27(39-25)29(41)40-38-15-17-12-19(32)13-23(33)28(17)44-30(42)16-5-4-6-18(11-16)31(35,36)37/h2-15,39H,1H3,(H,40,41). The van der Waals surface area contributed by atoms with Crippen molar-refractivity contribution >= 4 is 72.5 Å². The van der Waals surface area contributed by atoms with Gasteiger partial charge in [0.05, 0.1) is 28.9 Å². The normalized spacial score (nSPS) is 11.6. The third-order valence-electron chi connectivity index (χ3n) is 6.40. The van der Waals surface area contributed by atoms with Crippen LogP contribution in [0, 0.1) is 0 Å². The van der Waals surface area contributed by atoms with Crippen molar-refractivity contribution < 1.29 is 32.2 Å². The Bertz CT molecular complexity index is 1940. The predicted octanol–water partition coefficient (Wildman–Crippen LogP) is 9.02. The second kappa shape index (κ2) is 12.8. The lowest BCUT2D eigenvalue weighted by Crippen LogP contribution is -2.19. The van der Waals surface area contributed by atoms with Crippen molar-refractivity contribution in [2.24, 2.45) is 5.10 Å². The summed E-state index contributed by atoms with van der Waals surface area (Å²) in [5, 5.41) is 5.20. The summed E-state index contributed by atoms with van der Waals surface area (Å²) in [5.74, 6) is -1.05. The monoisotopic (exact) mass is 747 g/mol. The molecule has 0 aliphatic heterocycles. The Hall–Kier alpha value is -4.13. The van der Waals surface area contributed by atoms with Crippen LogP contribution in [0.5, 0.6) is 11.5 Å². The summed E-state index contributed by atoms with van der Waals surface area (Å²) in [7, 11) is 1.54. The third-order valence-corrected chi connectivity index (χ3v) is 7.78. The molecule has 5 aromatic rings. The molecule has 4 aromatic carbocycles. The van der Waals surface area contributed by atoms with Crippen LogP contribution in [0.25, 0.3) is 22.0 Å². The summed E-state index contributed by atoms with van der Waals surface area (Å²) in [6.07, 6.45) is -3.39. The molecular formula is C31H19Br2ClF3N3O4. The Morgan fingerprint density at radius 1 is 1.00 bits per heavy atom. The van der Waals surface area contributed by atoms with Gasteiger partial charge in [0.15, 0.2) is 5.75 Å². The van der Waals surface area contributed by atoms with Gasteiger partial charge in [0.25, 0.3) is 5.91 Å². The fourth-order valence-electron chi connectivity index (χ4n) is 4.39. The molecule has 0 spiro atoms. The molecule has 5 rings (SSSR count). The summed E-state index contributed by atoms with van der Waals surface area (Å²) < 4.78 is 51.2. The van der Waals surface area contributed by atoms with E-state index in [9.17, 15) is 22.8 Å². The number of benzene rings is 4. The first-order chi connectivity index (χ1) is 21.0. The number of alkyl halides is 3. The minimum absolute atomic E-state index is 0.0249. The fourth-order valence-corrected chi connectivity index (χ4v) is 5.96. The maximum absolute atomic E-state index is 13.4. The minimum Gasteiger partial charge on any atom is -0.497 e. The van der Waals surface area contributed by atoms with Gasteiger partial charge in [-0.05, 0) is 70.5 Å². The average molecular weight is 750 g/mol. The quantitative estimate of drug-likeness (QED) is 0.0752.